The molecule has 6 heteroatoms. The Morgan fingerprint density at radius 3 is 2.65 bits per heavy atom. The predicted molar refractivity (Wildman–Crippen MR) is 72.7 cm³/mol. The zero-order valence-electron chi connectivity index (χ0n) is 11.6. The Morgan fingerprint density at radius 1 is 1.35 bits per heavy atom. The number of alkyl halides is 1. The molecule has 1 aliphatic rings. The first-order valence-corrected chi connectivity index (χ1v) is 8.03. The molecule has 0 radical (unpaired) electrons. The average molecular weight is 302 g/mol. The van der Waals surface area contributed by atoms with Crippen LogP contribution in [0.2, 0.25) is 0 Å². The van der Waals surface area contributed by atoms with Crippen LogP contribution in [-0.4, -0.2) is 33.9 Å². The molecule has 2 rings (SSSR count). The Morgan fingerprint density at radius 2 is 2.00 bits per heavy atom. The number of aryl methyl sites for hydroxylation is 1. The van der Waals surface area contributed by atoms with Crippen LogP contribution < -0.4 is 0 Å². The second kappa shape index (κ2) is 6.20. The highest BCUT2D eigenvalue weighted by Crippen LogP contribution is 2.25. The number of rotatable bonds is 4. The molecule has 0 N–H and O–H groups in total. The van der Waals surface area contributed by atoms with Gasteiger partial charge >= 0.3 is 0 Å². The molecule has 1 aromatic carbocycles. The molecular weight excluding hydrogens is 283 g/mol. The van der Waals surface area contributed by atoms with Gasteiger partial charge in [0, 0.05) is 18.9 Å². The van der Waals surface area contributed by atoms with E-state index in [0.717, 1.165) is 5.56 Å². The summed E-state index contributed by atoms with van der Waals surface area (Å²) in [4.78, 5) is 0.100. The van der Waals surface area contributed by atoms with Gasteiger partial charge in [-0.25, -0.2) is 4.39 Å². The highest BCUT2D eigenvalue weighted by Gasteiger charge is 2.32. The lowest BCUT2D eigenvalue weighted by Crippen LogP contribution is -2.39. The number of benzene rings is 1. The summed E-state index contributed by atoms with van der Waals surface area (Å²) in [6.07, 6.45) is -1.15. The largest absolute Gasteiger partial charge is 0.375 e. The van der Waals surface area contributed by atoms with Crippen molar-refractivity contribution in [2.24, 2.45) is 5.92 Å². The molecule has 1 saturated heterocycles. The molecule has 0 aromatic heterocycles. The van der Waals surface area contributed by atoms with E-state index in [2.05, 4.69) is 0 Å². The predicted octanol–water partition coefficient (Wildman–Crippen LogP) is 2.46. The Balaban J connectivity index is 2.00. The van der Waals surface area contributed by atoms with Crippen LogP contribution in [0.3, 0.4) is 0 Å². The van der Waals surface area contributed by atoms with Gasteiger partial charge in [0.25, 0.3) is 10.1 Å². The van der Waals surface area contributed by atoms with Gasteiger partial charge < -0.3 is 4.74 Å². The molecule has 0 spiro atoms. The van der Waals surface area contributed by atoms with Gasteiger partial charge in [-0.15, -0.1) is 0 Å². The van der Waals surface area contributed by atoms with E-state index in [1.165, 1.54) is 12.1 Å². The van der Waals surface area contributed by atoms with Crippen molar-refractivity contribution in [3.05, 3.63) is 29.8 Å². The summed E-state index contributed by atoms with van der Waals surface area (Å²) in [6, 6.07) is 6.39. The summed E-state index contributed by atoms with van der Waals surface area (Å²) in [7, 11) is -3.82. The third-order valence-corrected chi connectivity index (χ3v) is 4.88. The van der Waals surface area contributed by atoms with Gasteiger partial charge in [0.15, 0.2) is 0 Å². The molecular formula is C14H19FO4S. The molecule has 0 bridgehead atoms. The molecule has 1 heterocycles. The van der Waals surface area contributed by atoms with E-state index < -0.39 is 22.4 Å². The fraction of sp³-hybridized carbons (Fsp3) is 0.571. The van der Waals surface area contributed by atoms with Crippen molar-refractivity contribution < 1.29 is 21.7 Å². The maximum absolute atomic E-state index is 13.5. The summed E-state index contributed by atoms with van der Waals surface area (Å²) in [5.74, 6) is -0.364. The lowest BCUT2D eigenvalue weighted by atomic mass is 9.95. The molecule has 0 saturated carbocycles. The third kappa shape index (κ3) is 3.56. The van der Waals surface area contributed by atoms with Gasteiger partial charge in [0.1, 0.15) is 6.17 Å². The molecule has 4 nitrogen and oxygen atoms in total. The van der Waals surface area contributed by atoms with E-state index in [0.29, 0.717) is 13.0 Å². The highest BCUT2D eigenvalue weighted by molar-refractivity contribution is 7.86. The molecule has 3 unspecified atom stereocenters. The maximum Gasteiger partial charge on any atom is 0.297 e. The standard InChI is InChI=1S/C14H19FO4S/c1-10-3-5-12(6-4-10)20(16,17)19-9-14-11(2)13(15)7-8-18-14/h3-6,11,13-14H,7-9H2,1-2H3. The topological polar surface area (TPSA) is 52.6 Å². The summed E-state index contributed by atoms with van der Waals surface area (Å²) < 4.78 is 47.9. The van der Waals surface area contributed by atoms with E-state index >= 15 is 0 Å². The van der Waals surface area contributed by atoms with E-state index in [1.807, 2.05) is 6.92 Å². The molecule has 0 amide bonds. The van der Waals surface area contributed by atoms with Crippen molar-refractivity contribution in [1.29, 1.82) is 0 Å². The Bertz CT molecular complexity index is 541. The van der Waals surface area contributed by atoms with Crippen molar-refractivity contribution in [3.63, 3.8) is 0 Å². The fourth-order valence-corrected chi connectivity index (χ4v) is 3.03. The van der Waals surface area contributed by atoms with Gasteiger partial charge in [-0.2, -0.15) is 8.42 Å². The first-order valence-electron chi connectivity index (χ1n) is 6.62. The summed E-state index contributed by atoms with van der Waals surface area (Å²) in [6.45, 7) is 3.72. The van der Waals surface area contributed by atoms with Gasteiger partial charge in [-0.3, -0.25) is 4.18 Å². The number of ether oxygens (including phenoxy) is 1. The van der Waals surface area contributed by atoms with Gasteiger partial charge in [-0.05, 0) is 19.1 Å². The van der Waals surface area contributed by atoms with Crippen molar-refractivity contribution in [2.45, 2.75) is 37.4 Å². The molecule has 3 atom stereocenters. The minimum Gasteiger partial charge on any atom is -0.375 e. The van der Waals surface area contributed by atoms with Gasteiger partial charge in [0.05, 0.1) is 17.6 Å². The molecule has 20 heavy (non-hydrogen) atoms. The second-order valence-corrected chi connectivity index (χ2v) is 6.74. The quantitative estimate of drug-likeness (QED) is 0.802. The third-order valence-electron chi connectivity index (χ3n) is 3.58. The second-order valence-electron chi connectivity index (χ2n) is 5.12. The minimum atomic E-state index is -3.82. The van der Waals surface area contributed by atoms with Gasteiger partial charge in [-0.1, -0.05) is 24.6 Å². The van der Waals surface area contributed by atoms with Crippen LogP contribution in [0.1, 0.15) is 18.9 Å². The first kappa shape index (κ1) is 15.4. The van der Waals surface area contributed by atoms with Crippen LogP contribution in [0.25, 0.3) is 0 Å². The van der Waals surface area contributed by atoms with E-state index in [-0.39, 0.29) is 17.4 Å². The molecule has 0 aliphatic carbocycles. The van der Waals surface area contributed by atoms with Crippen LogP contribution in [0.15, 0.2) is 29.2 Å². The van der Waals surface area contributed by atoms with Crippen molar-refractivity contribution in [2.75, 3.05) is 13.2 Å². The molecule has 1 aliphatic heterocycles. The summed E-state index contributed by atoms with van der Waals surface area (Å²) in [5.41, 5.74) is 0.966. The number of halogens is 1. The molecule has 1 aromatic rings. The fourth-order valence-electron chi connectivity index (χ4n) is 2.11. The van der Waals surface area contributed by atoms with E-state index in [1.54, 1.807) is 19.1 Å². The SMILES string of the molecule is Cc1ccc(S(=O)(=O)OCC2OCCC(F)C2C)cc1. The summed E-state index contributed by atoms with van der Waals surface area (Å²) in [5, 5.41) is 0. The lowest BCUT2D eigenvalue weighted by Gasteiger charge is -2.31. The monoisotopic (exact) mass is 302 g/mol. The summed E-state index contributed by atoms with van der Waals surface area (Å²) >= 11 is 0. The Kier molecular flexibility index (Phi) is 4.78. The van der Waals surface area contributed by atoms with Crippen molar-refractivity contribution >= 4 is 10.1 Å². The van der Waals surface area contributed by atoms with Crippen LogP contribution in [0, 0.1) is 12.8 Å². The number of hydrogen-bond acceptors (Lipinski definition) is 4. The lowest BCUT2D eigenvalue weighted by molar-refractivity contribution is -0.0762. The highest BCUT2D eigenvalue weighted by atomic mass is 32.2. The van der Waals surface area contributed by atoms with Crippen molar-refractivity contribution in [1.82, 2.24) is 0 Å². The van der Waals surface area contributed by atoms with Crippen LogP contribution in [0.5, 0.6) is 0 Å². The Labute approximate surface area is 119 Å². The Hall–Kier alpha value is -0.980. The van der Waals surface area contributed by atoms with Gasteiger partial charge in [0.2, 0.25) is 0 Å². The van der Waals surface area contributed by atoms with Crippen molar-refractivity contribution in [3.8, 4) is 0 Å². The van der Waals surface area contributed by atoms with E-state index in [9.17, 15) is 12.8 Å². The maximum atomic E-state index is 13.5. The molecule has 1 fully saturated rings. The zero-order valence-corrected chi connectivity index (χ0v) is 12.4. The van der Waals surface area contributed by atoms with E-state index in [4.69, 9.17) is 8.92 Å². The molecule has 112 valence electrons. The minimum absolute atomic E-state index is 0.100. The number of hydrogen-bond donors (Lipinski definition) is 0. The smallest absolute Gasteiger partial charge is 0.297 e. The van der Waals surface area contributed by atoms with Crippen LogP contribution in [0.4, 0.5) is 4.39 Å². The zero-order chi connectivity index (χ0) is 14.8. The van der Waals surface area contributed by atoms with Crippen LogP contribution >= 0.6 is 0 Å². The van der Waals surface area contributed by atoms with Crippen LogP contribution in [-0.2, 0) is 19.0 Å². The average Bonchev–Trinajstić information content (AvgIpc) is 2.41. The normalized spacial score (nSPS) is 27.4. The first-order chi connectivity index (χ1) is 9.40.